The minimum absolute atomic E-state index is 0.383. The van der Waals surface area contributed by atoms with Gasteiger partial charge in [0.05, 0.1) is 11.5 Å². The van der Waals surface area contributed by atoms with Gasteiger partial charge in [-0.1, -0.05) is 30.3 Å². The molecule has 0 saturated carbocycles. The highest BCUT2D eigenvalue weighted by atomic mass is 32.1. The van der Waals surface area contributed by atoms with Crippen LogP contribution in [0, 0.1) is 0 Å². The van der Waals surface area contributed by atoms with Crippen LogP contribution in [0.5, 0.6) is 0 Å². The Morgan fingerprint density at radius 2 is 1.93 bits per heavy atom. The largest absolute Gasteiger partial charge is 0.363 e. The van der Waals surface area contributed by atoms with E-state index in [1.807, 2.05) is 11.3 Å². The highest BCUT2D eigenvalue weighted by molar-refractivity contribution is 7.14. The highest BCUT2D eigenvalue weighted by Crippen LogP contribution is 2.24. The average molecular weight is 414 g/mol. The van der Waals surface area contributed by atoms with E-state index in [1.165, 1.54) is 10.6 Å². The van der Waals surface area contributed by atoms with Gasteiger partial charge in [0.1, 0.15) is 0 Å². The fraction of sp³-hybridized carbons (Fsp3) is 0.522. The number of hydrogen-bond donors (Lipinski definition) is 2. The third-order valence-corrected chi connectivity index (χ3v) is 6.43. The number of aliphatic imine (C=N–C) groups is 1. The Labute approximate surface area is 179 Å². The molecule has 1 unspecified atom stereocenters. The molecule has 1 saturated heterocycles. The lowest BCUT2D eigenvalue weighted by Crippen LogP contribution is -2.49. The molecule has 2 N–H and O–H groups in total. The van der Waals surface area contributed by atoms with E-state index in [0.717, 1.165) is 51.4 Å². The highest BCUT2D eigenvalue weighted by Gasteiger charge is 2.21. The van der Waals surface area contributed by atoms with Gasteiger partial charge in [0.25, 0.3) is 0 Å². The molecule has 1 fully saturated rings. The molecule has 6 heteroatoms. The predicted octanol–water partition coefficient (Wildman–Crippen LogP) is 3.44. The first kappa shape index (κ1) is 21.7. The standard InChI is InChI=1S/C23H35N5S/c1-4-24-23(25-18-21(27(2)3)17-19-9-6-5-7-10-19)26-20-12-14-28(15-13-20)22-11-8-16-29-22/h5-11,16,20-21H,4,12-15,17-18H2,1-3H3,(H2,24,25,26). The number of thiophene rings is 1. The van der Waals surface area contributed by atoms with Crippen LogP contribution in [0.25, 0.3) is 0 Å². The van der Waals surface area contributed by atoms with Crippen molar-refractivity contribution < 1.29 is 0 Å². The number of hydrogen-bond acceptors (Lipinski definition) is 4. The molecule has 2 heterocycles. The first-order valence-corrected chi connectivity index (χ1v) is 11.6. The van der Waals surface area contributed by atoms with Crippen molar-refractivity contribution in [2.24, 2.45) is 4.99 Å². The predicted molar refractivity (Wildman–Crippen MR) is 126 cm³/mol. The number of guanidine groups is 1. The Kier molecular flexibility index (Phi) is 8.38. The van der Waals surface area contributed by atoms with Crippen molar-refractivity contribution in [3.8, 4) is 0 Å². The molecule has 29 heavy (non-hydrogen) atoms. The van der Waals surface area contributed by atoms with Crippen LogP contribution in [0.3, 0.4) is 0 Å². The lowest BCUT2D eigenvalue weighted by Gasteiger charge is -2.33. The van der Waals surface area contributed by atoms with Crippen LogP contribution in [0.15, 0.2) is 52.8 Å². The zero-order chi connectivity index (χ0) is 20.5. The van der Waals surface area contributed by atoms with E-state index >= 15 is 0 Å². The van der Waals surface area contributed by atoms with Gasteiger partial charge in [0.15, 0.2) is 5.96 Å². The van der Waals surface area contributed by atoms with Crippen molar-refractivity contribution in [3.63, 3.8) is 0 Å². The minimum Gasteiger partial charge on any atom is -0.363 e. The summed E-state index contributed by atoms with van der Waals surface area (Å²) in [5, 5.41) is 10.7. The van der Waals surface area contributed by atoms with E-state index in [4.69, 9.17) is 4.99 Å². The topological polar surface area (TPSA) is 42.9 Å². The summed E-state index contributed by atoms with van der Waals surface area (Å²) >= 11 is 1.83. The molecule has 0 spiro atoms. The van der Waals surface area contributed by atoms with E-state index in [-0.39, 0.29) is 0 Å². The molecule has 1 aliphatic rings. The Morgan fingerprint density at radius 3 is 2.55 bits per heavy atom. The summed E-state index contributed by atoms with van der Waals surface area (Å²) in [4.78, 5) is 9.71. The van der Waals surface area contributed by atoms with Crippen LogP contribution in [-0.4, -0.2) is 63.2 Å². The second-order valence-corrected chi connectivity index (χ2v) is 8.81. The average Bonchev–Trinajstić information content (AvgIpc) is 3.27. The van der Waals surface area contributed by atoms with E-state index in [0.29, 0.717) is 12.1 Å². The maximum atomic E-state index is 4.94. The fourth-order valence-corrected chi connectivity index (χ4v) is 4.49. The van der Waals surface area contributed by atoms with Gasteiger partial charge < -0.3 is 20.4 Å². The van der Waals surface area contributed by atoms with Gasteiger partial charge in [-0.3, -0.25) is 4.99 Å². The number of nitrogens with zero attached hydrogens (tertiary/aromatic N) is 3. The zero-order valence-corrected chi connectivity index (χ0v) is 18.8. The number of benzene rings is 1. The summed E-state index contributed by atoms with van der Waals surface area (Å²) in [6, 6.07) is 15.9. The Hall–Kier alpha value is -2.05. The number of piperidine rings is 1. The molecule has 0 amide bonds. The summed E-state index contributed by atoms with van der Waals surface area (Å²) in [6.45, 7) is 6.00. The Bertz CT molecular complexity index is 721. The fourth-order valence-electron chi connectivity index (χ4n) is 3.70. The third-order valence-electron chi connectivity index (χ3n) is 5.50. The minimum atomic E-state index is 0.383. The molecular weight excluding hydrogens is 378 g/mol. The first-order valence-electron chi connectivity index (χ1n) is 10.7. The van der Waals surface area contributed by atoms with Gasteiger partial charge in [-0.2, -0.15) is 0 Å². The molecule has 0 radical (unpaired) electrons. The molecule has 0 bridgehead atoms. The summed E-state index contributed by atoms with van der Waals surface area (Å²) in [6.07, 6.45) is 3.29. The second-order valence-electron chi connectivity index (χ2n) is 7.88. The summed E-state index contributed by atoms with van der Waals surface area (Å²) in [5.41, 5.74) is 1.36. The van der Waals surface area contributed by atoms with E-state index in [2.05, 4.69) is 89.3 Å². The van der Waals surface area contributed by atoms with Crippen molar-refractivity contribution in [1.82, 2.24) is 15.5 Å². The summed E-state index contributed by atoms with van der Waals surface area (Å²) in [7, 11) is 4.29. The van der Waals surface area contributed by atoms with Gasteiger partial charge in [-0.05, 0) is 63.4 Å². The van der Waals surface area contributed by atoms with Crippen molar-refractivity contribution in [3.05, 3.63) is 53.4 Å². The number of anilines is 1. The maximum absolute atomic E-state index is 4.94. The molecular formula is C23H35N5S. The summed E-state index contributed by atoms with van der Waals surface area (Å²) in [5.74, 6) is 0.946. The Balaban J connectivity index is 1.54. The van der Waals surface area contributed by atoms with E-state index in [9.17, 15) is 0 Å². The monoisotopic (exact) mass is 413 g/mol. The Morgan fingerprint density at radius 1 is 1.17 bits per heavy atom. The molecule has 1 aliphatic heterocycles. The van der Waals surface area contributed by atoms with Gasteiger partial charge in [-0.25, -0.2) is 0 Å². The van der Waals surface area contributed by atoms with Crippen LogP contribution in [0.2, 0.25) is 0 Å². The van der Waals surface area contributed by atoms with E-state index < -0.39 is 0 Å². The second kappa shape index (κ2) is 11.2. The van der Waals surface area contributed by atoms with Gasteiger partial charge in [0.2, 0.25) is 0 Å². The molecule has 1 aromatic heterocycles. The molecule has 5 nitrogen and oxygen atoms in total. The molecule has 2 aromatic rings. The van der Waals surface area contributed by atoms with Crippen LogP contribution < -0.4 is 15.5 Å². The molecule has 0 aliphatic carbocycles. The van der Waals surface area contributed by atoms with Crippen LogP contribution in [0.1, 0.15) is 25.3 Å². The zero-order valence-electron chi connectivity index (χ0n) is 18.0. The lowest BCUT2D eigenvalue weighted by atomic mass is 10.1. The maximum Gasteiger partial charge on any atom is 0.191 e. The first-order chi connectivity index (χ1) is 14.2. The number of likely N-dealkylation sites (N-methyl/N-ethyl adjacent to an activating group) is 1. The van der Waals surface area contributed by atoms with Crippen molar-refractivity contribution in [1.29, 1.82) is 0 Å². The van der Waals surface area contributed by atoms with Crippen molar-refractivity contribution >= 4 is 22.3 Å². The molecule has 158 valence electrons. The number of nitrogens with one attached hydrogen (secondary N) is 2. The van der Waals surface area contributed by atoms with Crippen molar-refractivity contribution in [2.45, 2.75) is 38.3 Å². The molecule has 1 aromatic carbocycles. The number of rotatable bonds is 8. The SMILES string of the molecule is CCNC(=NCC(Cc1ccccc1)N(C)C)NC1CCN(c2cccs2)CC1. The molecule has 3 rings (SSSR count). The van der Waals surface area contributed by atoms with Gasteiger partial charge in [-0.15, -0.1) is 11.3 Å². The lowest BCUT2D eigenvalue weighted by molar-refractivity contribution is 0.298. The quantitative estimate of drug-likeness (QED) is 0.514. The van der Waals surface area contributed by atoms with Crippen LogP contribution in [0.4, 0.5) is 5.00 Å². The van der Waals surface area contributed by atoms with Gasteiger partial charge >= 0.3 is 0 Å². The van der Waals surface area contributed by atoms with Crippen LogP contribution in [-0.2, 0) is 6.42 Å². The van der Waals surface area contributed by atoms with Gasteiger partial charge in [0, 0.05) is 31.7 Å². The molecule has 1 atom stereocenters. The smallest absolute Gasteiger partial charge is 0.191 e. The normalized spacial score (nSPS) is 16.8. The van der Waals surface area contributed by atoms with Crippen LogP contribution >= 0.6 is 11.3 Å². The van der Waals surface area contributed by atoms with E-state index in [1.54, 1.807) is 0 Å². The van der Waals surface area contributed by atoms with Crippen molar-refractivity contribution in [2.75, 3.05) is 45.2 Å². The summed E-state index contributed by atoms with van der Waals surface area (Å²) < 4.78 is 0. The third kappa shape index (κ3) is 6.75.